The number of nitrogens with one attached hydrogen (secondary N) is 2. The Bertz CT molecular complexity index is 460. The van der Waals surface area contributed by atoms with Crippen LogP contribution in [0.15, 0.2) is 18.5 Å². The molecule has 0 spiro atoms. The van der Waals surface area contributed by atoms with Crippen LogP contribution in [0, 0.1) is 6.92 Å². The second-order valence-electron chi connectivity index (χ2n) is 4.28. The lowest BCUT2D eigenvalue weighted by Gasteiger charge is -2.08. The second kappa shape index (κ2) is 7.33. The summed E-state index contributed by atoms with van der Waals surface area (Å²) in [6.07, 6.45) is 4.86. The summed E-state index contributed by atoms with van der Waals surface area (Å²) in [4.78, 5) is 3.95. The van der Waals surface area contributed by atoms with Crippen molar-refractivity contribution in [1.82, 2.24) is 10.3 Å². The average Bonchev–Trinajstić information content (AvgIpc) is 2.28. The van der Waals surface area contributed by atoms with E-state index in [1.54, 1.807) is 12.3 Å². The van der Waals surface area contributed by atoms with Gasteiger partial charge >= 0.3 is 0 Å². The first-order valence-corrected chi connectivity index (χ1v) is 7.81. The maximum Gasteiger partial charge on any atom is 0.232 e. The minimum atomic E-state index is -3.27. The van der Waals surface area contributed by atoms with Crippen molar-refractivity contribution in [2.45, 2.75) is 26.7 Å². The van der Waals surface area contributed by atoms with Gasteiger partial charge in [0.1, 0.15) is 0 Å². The summed E-state index contributed by atoms with van der Waals surface area (Å²) in [7, 11) is -3.27. The highest BCUT2D eigenvalue weighted by Gasteiger charge is 2.09. The van der Waals surface area contributed by atoms with E-state index in [1.807, 2.05) is 6.92 Å². The van der Waals surface area contributed by atoms with Crippen molar-refractivity contribution in [3.63, 3.8) is 0 Å². The van der Waals surface area contributed by atoms with Crippen LogP contribution in [0.2, 0.25) is 0 Å². The lowest BCUT2D eigenvalue weighted by molar-refractivity contribution is 0.593. The third kappa shape index (κ3) is 5.97. The summed E-state index contributed by atoms with van der Waals surface area (Å²) >= 11 is 0. The fourth-order valence-corrected chi connectivity index (χ4v) is 2.63. The summed E-state index contributed by atoms with van der Waals surface area (Å²) in [5.41, 5.74) is 1.45. The minimum absolute atomic E-state index is 0.123. The van der Waals surface area contributed by atoms with Gasteiger partial charge in [-0.2, -0.15) is 0 Å². The number of pyridine rings is 1. The quantitative estimate of drug-likeness (QED) is 0.703. The normalized spacial score (nSPS) is 11.4. The first kappa shape index (κ1) is 14.9. The Kier molecular flexibility index (Phi) is 6.07. The summed E-state index contributed by atoms with van der Waals surface area (Å²) in [6.45, 7) is 5.60. The number of anilines is 1. The molecule has 0 radical (unpaired) electrons. The highest BCUT2D eigenvalue weighted by molar-refractivity contribution is 7.92. The van der Waals surface area contributed by atoms with Gasteiger partial charge < -0.3 is 5.32 Å². The molecule has 1 aromatic rings. The molecule has 6 heteroatoms. The van der Waals surface area contributed by atoms with Gasteiger partial charge in [0.05, 0.1) is 17.6 Å². The van der Waals surface area contributed by atoms with E-state index in [-0.39, 0.29) is 5.75 Å². The zero-order valence-corrected chi connectivity index (χ0v) is 11.8. The van der Waals surface area contributed by atoms with Crippen LogP contribution in [-0.4, -0.2) is 32.2 Å². The summed E-state index contributed by atoms with van der Waals surface area (Å²) < 4.78 is 26.1. The largest absolute Gasteiger partial charge is 0.317 e. The van der Waals surface area contributed by atoms with Crippen molar-refractivity contribution in [3.05, 3.63) is 24.0 Å². The molecular weight excluding hydrogens is 250 g/mol. The molecule has 102 valence electrons. The average molecular weight is 271 g/mol. The van der Waals surface area contributed by atoms with Crippen LogP contribution in [0.1, 0.15) is 25.3 Å². The van der Waals surface area contributed by atoms with Crippen LogP contribution in [0.5, 0.6) is 0 Å². The molecule has 0 aliphatic heterocycles. The topological polar surface area (TPSA) is 71.1 Å². The summed E-state index contributed by atoms with van der Waals surface area (Å²) in [5.74, 6) is 0.123. The van der Waals surface area contributed by atoms with Crippen molar-refractivity contribution in [2.75, 3.05) is 23.6 Å². The molecule has 0 aromatic carbocycles. The van der Waals surface area contributed by atoms with Crippen LogP contribution in [0.3, 0.4) is 0 Å². The van der Waals surface area contributed by atoms with E-state index in [0.717, 1.165) is 25.1 Å². The van der Waals surface area contributed by atoms with Crippen molar-refractivity contribution in [1.29, 1.82) is 0 Å². The Morgan fingerprint density at radius 1 is 1.28 bits per heavy atom. The number of rotatable bonds is 8. The Labute approximate surface area is 109 Å². The van der Waals surface area contributed by atoms with E-state index in [9.17, 15) is 8.42 Å². The van der Waals surface area contributed by atoms with Crippen molar-refractivity contribution in [3.8, 4) is 0 Å². The van der Waals surface area contributed by atoms with Crippen LogP contribution >= 0.6 is 0 Å². The van der Waals surface area contributed by atoms with E-state index in [2.05, 4.69) is 21.9 Å². The molecule has 1 heterocycles. The second-order valence-corrected chi connectivity index (χ2v) is 6.12. The van der Waals surface area contributed by atoms with Gasteiger partial charge in [0, 0.05) is 6.20 Å². The van der Waals surface area contributed by atoms with Crippen molar-refractivity contribution >= 4 is 15.7 Å². The standard InChI is InChI=1S/C12H21N3O2S/c1-3-5-13-6-4-7-18(16,17)15-12-8-11(2)9-14-10-12/h8-10,13,15H,3-7H2,1-2H3. The Hall–Kier alpha value is -1.14. The van der Waals surface area contributed by atoms with Gasteiger partial charge in [-0.15, -0.1) is 0 Å². The van der Waals surface area contributed by atoms with Crippen molar-refractivity contribution in [2.24, 2.45) is 0 Å². The SMILES string of the molecule is CCCNCCCS(=O)(=O)Nc1cncc(C)c1. The van der Waals surface area contributed by atoms with Gasteiger partial charge in [-0.3, -0.25) is 9.71 Å². The molecule has 2 N–H and O–H groups in total. The number of hydrogen-bond donors (Lipinski definition) is 2. The molecule has 5 nitrogen and oxygen atoms in total. The van der Waals surface area contributed by atoms with E-state index in [4.69, 9.17) is 0 Å². The molecule has 0 unspecified atom stereocenters. The van der Waals surface area contributed by atoms with Crippen LogP contribution in [0.25, 0.3) is 0 Å². The van der Waals surface area contributed by atoms with E-state index in [1.165, 1.54) is 6.20 Å². The first-order valence-electron chi connectivity index (χ1n) is 6.16. The number of aryl methyl sites for hydroxylation is 1. The number of nitrogens with zero attached hydrogens (tertiary/aromatic N) is 1. The predicted molar refractivity (Wildman–Crippen MR) is 74.2 cm³/mol. The smallest absolute Gasteiger partial charge is 0.232 e. The van der Waals surface area contributed by atoms with E-state index in [0.29, 0.717) is 12.1 Å². The van der Waals surface area contributed by atoms with E-state index >= 15 is 0 Å². The van der Waals surface area contributed by atoms with Gasteiger partial charge in [0.15, 0.2) is 0 Å². The maximum atomic E-state index is 11.8. The van der Waals surface area contributed by atoms with Gasteiger partial charge in [0.2, 0.25) is 10.0 Å². The molecule has 0 saturated heterocycles. The molecule has 0 amide bonds. The third-order valence-corrected chi connectivity index (χ3v) is 3.71. The molecule has 0 aliphatic rings. The van der Waals surface area contributed by atoms with E-state index < -0.39 is 10.0 Å². The molecule has 0 fully saturated rings. The number of aromatic nitrogens is 1. The summed E-state index contributed by atoms with van der Waals surface area (Å²) in [5, 5.41) is 3.18. The van der Waals surface area contributed by atoms with Crippen LogP contribution < -0.4 is 10.0 Å². The zero-order valence-electron chi connectivity index (χ0n) is 10.9. The molecule has 18 heavy (non-hydrogen) atoms. The first-order chi connectivity index (χ1) is 8.53. The van der Waals surface area contributed by atoms with Crippen molar-refractivity contribution < 1.29 is 8.42 Å². The van der Waals surface area contributed by atoms with Gasteiger partial charge in [0.25, 0.3) is 0 Å². The van der Waals surface area contributed by atoms with Crippen LogP contribution in [0.4, 0.5) is 5.69 Å². The molecule has 0 atom stereocenters. The zero-order chi connectivity index (χ0) is 13.4. The molecule has 0 aliphatic carbocycles. The van der Waals surface area contributed by atoms with Crippen LogP contribution in [-0.2, 0) is 10.0 Å². The fraction of sp³-hybridized carbons (Fsp3) is 0.583. The fourth-order valence-electron chi connectivity index (χ4n) is 1.53. The maximum absolute atomic E-state index is 11.8. The lowest BCUT2D eigenvalue weighted by atomic mass is 10.3. The monoisotopic (exact) mass is 271 g/mol. The number of sulfonamides is 1. The highest BCUT2D eigenvalue weighted by atomic mass is 32.2. The molecule has 0 saturated carbocycles. The Morgan fingerprint density at radius 2 is 2.06 bits per heavy atom. The summed E-state index contributed by atoms with van der Waals surface area (Å²) in [6, 6.07) is 1.76. The molecule has 1 aromatic heterocycles. The highest BCUT2D eigenvalue weighted by Crippen LogP contribution is 2.09. The Balaban J connectivity index is 2.40. The van der Waals surface area contributed by atoms with Gasteiger partial charge in [-0.25, -0.2) is 8.42 Å². The third-order valence-electron chi connectivity index (χ3n) is 2.34. The lowest BCUT2D eigenvalue weighted by Crippen LogP contribution is -2.22. The van der Waals surface area contributed by atoms with Gasteiger partial charge in [-0.05, 0) is 44.5 Å². The molecule has 0 bridgehead atoms. The van der Waals surface area contributed by atoms with Gasteiger partial charge in [-0.1, -0.05) is 6.92 Å². The minimum Gasteiger partial charge on any atom is -0.317 e. The molecular formula is C12H21N3O2S. The number of hydrogen-bond acceptors (Lipinski definition) is 4. The molecule has 1 rings (SSSR count). The predicted octanol–water partition coefficient (Wildman–Crippen LogP) is 1.52. The Morgan fingerprint density at radius 3 is 2.72 bits per heavy atom.